The largest absolute Gasteiger partial charge is 0.311 e. The molecular formula is C20H14BrNO2. The third kappa shape index (κ3) is 3.44. The zero-order valence-corrected chi connectivity index (χ0v) is 14.3. The third-order valence-electron chi connectivity index (χ3n) is 3.60. The number of benzene rings is 2. The normalized spacial score (nSPS) is 11.3. The van der Waals surface area contributed by atoms with Crippen LogP contribution in [-0.4, -0.2) is 16.6 Å². The Morgan fingerprint density at radius 3 is 2.29 bits per heavy atom. The van der Waals surface area contributed by atoms with Gasteiger partial charge in [-0.05, 0) is 35.9 Å². The molecule has 4 heteroatoms. The molecule has 1 heterocycles. The fourth-order valence-corrected chi connectivity index (χ4v) is 2.67. The molecule has 0 N–H and O–H groups in total. The minimum absolute atomic E-state index is 0.141. The summed E-state index contributed by atoms with van der Waals surface area (Å²) in [6.07, 6.45) is 4.25. The zero-order chi connectivity index (χ0) is 16.9. The van der Waals surface area contributed by atoms with Gasteiger partial charge in [-0.3, -0.25) is 9.59 Å². The second-order valence-corrected chi connectivity index (χ2v) is 6.11. The molecule has 0 aliphatic rings. The van der Waals surface area contributed by atoms with E-state index in [2.05, 4.69) is 15.9 Å². The number of aldehydes is 1. The molecule has 0 saturated heterocycles. The summed E-state index contributed by atoms with van der Waals surface area (Å²) in [6, 6.07) is 20.1. The molecule has 0 aliphatic carbocycles. The molecule has 1 aromatic heterocycles. The summed E-state index contributed by atoms with van der Waals surface area (Å²) >= 11 is 3.40. The smallest absolute Gasteiger partial charge is 0.209 e. The fraction of sp³-hybridized carbons (Fsp3) is 0. The summed E-state index contributed by atoms with van der Waals surface area (Å²) in [6.45, 7) is 0. The van der Waals surface area contributed by atoms with Gasteiger partial charge in [-0.2, -0.15) is 0 Å². The van der Waals surface area contributed by atoms with Crippen LogP contribution in [0.1, 0.15) is 26.4 Å². The van der Waals surface area contributed by atoms with Crippen molar-refractivity contribution in [3.8, 4) is 0 Å². The highest BCUT2D eigenvalue weighted by Gasteiger charge is 2.16. The minimum atomic E-state index is -0.141. The van der Waals surface area contributed by atoms with Gasteiger partial charge in [0.05, 0.1) is 11.4 Å². The molecule has 3 nitrogen and oxygen atoms in total. The maximum Gasteiger partial charge on any atom is 0.209 e. The van der Waals surface area contributed by atoms with Crippen LogP contribution in [0.4, 0.5) is 0 Å². The first-order valence-electron chi connectivity index (χ1n) is 7.39. The first-order valence-corrected chi connectivity index (χ1v) is 8.18. The number of allylic oxidation sites excluding steroid dienone is 1. The van der Waals surface area contributed by atoms with E-state index in [1.807, 2.05) is 42.5 Å². The molecule has 0 spiro atoms. The van der Waals surface area contributed by atoms with Crippen molar-refractivity contribution in [3.63, 3.8) is 0 Å². The highest BCUT2D eigenvalue weighted by atomic mass is 79.9. The van der Waals surface area contributed by atoms with Gasteiger partial charge in [0.25, 0.3) is 0 Å². The van der Waals surface area contributed by atoms with Gasteiger partial charge in [0.15, 0.2) is 6.29 Å². The van der Waals surface area contributed by atoms with E-state index in [0.717, 1.165) is 16.3 Å². The van der Waals surface area contributed by atoms with Crippen LogP contribution < -0.4 is 0 Å². The van der Waals surface area contributed by atoms with E-state index in [-0.39, 0.29) is 5.78 Å². The first-order chi connectivity index (χ1) is 11.7. The van der Waals surface area contributed by atoms with Gasteiger partial charge in [0, 0.05) is 16.2 Å². The van der Waals surface area contributed by atoms with Crippen LogP contribution in [0, 0.1) is 0 Å². The molecule has 2 aromatic carbocycles. The van der Waals surface area contributed by atoms with Crippen LogP contribution in [0.25, 0.3) is 11.8 Å². The van der Waals surface area contributed by atoms with Crippen LogP contribution in [0.15, 0.2) is 77.4 Å². The summed E-state index contributed by atoms with van der Waals surface area (Å²) in [7, 11) is 0. The van der Waals surface area contributed by atoms with Crippen molar-refractivity contribution >= 4 is 39.8 Å². The molecule has 0 aliphatic heterocycles. The van der Waals surface area contributed by atoms with E-state index < -0.39 is 0 Å². The Kier molecular flexibility index (Phi) is 4.87. The molecule has 0 fully saturated rings. The molecule has 0 atom stereocenters. The average Bonchev–Trinajstić information content (AvgIpc) is 3.10. The van der Waals surface area contributed by atoms with Gasteiger partial charge in [0.1, 0.15) is 0 Å². The van der Waals surface area contributed by atoms with Crippen molar-refractivity contribution < 1.29 is 9.59 Å². The Bertz CT molecular complexity index is 893. The van der Waals surface area contributed by atoms with Crippen molar-refractivity contribution in [1.29, 1.82) is 0 Å². The van der Waals surface area contributed by atoms with E-state index >= 15 is 0 Å². The highest BCUT2D eigenvalue weighted by Crippen LogP contribution is 2.21. The minimum Gasteiger partial charge on any atom is -0.311 e. The summed E-state index contributed by atoms with van der Waals surface area (Å²) in [5, 5.41) is 0. The monoisotopic (exact) mass is 379 g/mol. The standard InChI is InChI=1S/C20H14BrNO2/c21-17-10-8-15(9-11-17)13-19(22-12-4-7-18(22)14-23)20(24)16-5-2-1-3-6-16/h1-14H/b19-13-. The lowest BCUT2D eigenvalue weighted by Crippen LogP contribution is -2.11. The topological polar surface area (TPSA) is 39.1 Å². The number of nitrogens with zero attached hydrogens (tertiary/aromatic N) is 1. The molecule has 3 aromatic rings. The number of hydrogen-bond acceptors (Lipinski definition) is 2. The number of rotatable bonds is 5. The number of ketones is 1. The Morgan fingerprint density at radius 2 is 1.62 bits per heavy atom. The lowest BCUT2D eigenvalue weighted by Gasteiger charge is -2.11. The first kappa shape index (κ1) is 16.1. The third-order valence-corrected chi connectivity index (χ3v) is 4.13. The van der Waals surface area contributed by atoms with Crippen LogP contribution in [0.2, 0.25) is 0 Å². The van der Waals surface area contributed by atoms with E-state index in [1.54, 1.807) is 41.1 Å². The Morgan fingerprint density at radius 1 is 0.917 bits per heavy atom. The van der Waals surface area contributed by atoms with E-state index in [9.17, 15) is 9.59 Å². The summed E-state index contributed by atoms with van der Waals surface area (Å²) < 4.78 is 2.58. The Labute approximate surface area is 148 Å². The maximum atomic E-state index is 13.0. The van der Waals surface area contributed by atoms with Crippen molar-refractivity contribution in [2.45, 2.75) is 0 Å². The van der Waals surface area contributed by atoms with Crippen LogP contribution in [0.5, 0.6) is 0 Å². The number of carbonyl (C=O) groups excluding carboxylic acids is 2. The molecule has 0 radical (unpaired) electrons. The van der Waals surface area contributed by atoms with Gasteiger partial charge in [0.2, 0.25) is 5.78 Å². The lowest BCUT2D eigenvalue weighted by molar-refractivity contribution is 0.105. The highest BCUT2D eigenvalue weighted by molar-refractivity contribution is 9.10. The molecule has 3 rings (SSSR count). The number of Topliss-reactive ketones (excluding diaryl/α,β-unsaturated/α-hetero) is 1. The van der Waals surface area contributed by atoms with E-state index in [1.165, 1.54) is 0 Å². The number of carbonyl (C=O) groups is 2. The van der Waals surface area contributed by atoms with Gasteiger partial charge in [-0.15, -0.1) is 0 Å². The van der Waals surface area contributed by atoms with Crippen molar-refractivity contribution in [2.24, 2.45) is 0 Å². The van der Waals surface area contributed by atoms with E-state index in [4.69, 9.17) is 0 Å². The second kappa shape index (κ2) is 7.23. The summed E-state index contributed by atoms with van der Waals surface area (Å²) in [5.41, 5.74) is 2.31. The van der Waals surface area contributed by atoms with Crippen molar-refractivity contribution in [1.82, 2.24) is 4.57 Å². The van der Waals surface area contributed by atoms with Gasteiger partial charge >= 0.3 is 0 Å². The van der Waals surface area contributed by atoms with Crippen LogP contribution in [0.3, 0.4) is 0 Å². The zero-order valence-electron chi connectivity index (χ0n) is 12.7. The van der Waals surface area contributed by atoms with Gasteiger partial charge in [-0.25, -0.2) is 0 Å². The van der Waals surface area contributed by atoms with Gasteiger partial charge in [-0.1, -0.05) is 58.4 Å². The van der Waals surface area contributed by atoms with E-state index in [0.29, 0.717) is 17.0 Å². The van der Waals surface area contributed by atoms with Crippen LogP contribution in [-0.2, 0) is 0 Å². The number of hydrogen-bond donors (Lipinski definition) is 0. The van der Waals surface area contributed by atoms with Gasteiger partial charge < -0.3 is 4.57 Å². The number of halogens is 1. The molecule has 118 valence electrons. The Hall–Kier alpha value is -2.72. The lowest BCUT2D eigenvalue weighted by atomic mass is 10.1. The quantitative estimate of drug-likeness (QED) is 0.357. The SMILES string of the molecule is O=Cc1cccn1/C(=C\c1ccc(Br)cc1)C(=O)c1ccccc1. The van der Waals surface area contributed by atoms with Crippen molar-refractivity contribution in [3.05, 3.63) is 94.2 Å². The summed E-state index contributed by atoms with van der Waals surface area (Å²) in [5.74, 6) is -0.141. The molecule has 0 amide bonds. The molecule has 0 bridgehead atoms. The fourth-order valence-electron chi connectivity index (χ4n) is 2.41. The van der Waals surface area contributed by atoms with Crippen LogP contribution >= 0.6 is 15.9 Å². The maximum absolute atomic E-state index is 13.0. The average molecular weight is 380 g/mol. The Balaban J connectivity index is 2.12. The molecule has 0 saturated carbocycles. The predicted molar refractivity (Wildman–Crippen MR) is 98.9 cm³/mol. The predicted octanol–water partition coefficient (Wildman–Crippen LogP) is 4.94. The molecule has 24 heavy (non-hydrogen) atoms. The number of aromatic nitrogens is 1. The second-order valence-electron chi connectivity index (χ2n) is 5.20. The van der Waals surface area contributed by atoms with Crippen molar-refractivity contribution in [2.75, 3.05) is 0 Å². The molecule has 0 unspecified atom stereocenters. The summed E-state index contributed by atoms with van der Waals surface area (Å²) in [4.78, 5) is 24.3. The molecular weight excluding hydrogens is 366 g/mol.